The number of carbonyl (C=O) groups excluding carboxylic acids is 4. The Morgan fingerprint density at radius 1 is 1.26 bits per heavy atom. The second kappa shape index (κ2) is 7.06. The molecule has 0 aliphatic carbocycles. The lowest BCUT2D eigenvalue weighted by Crippen LogP contribution is -2.16. The minimum atomic E-state index is -0.751. The molecule has 1 aromatic heterocycles. The molecular weight excluding hydrogens is 352 g/mol. The average molecular weight is 370 g/mol. The molecule has 0 radical (unpaired) electrons. The van der Waals surface area contributed by atoms with Crippen molar-refractivity contribution >= 4 is 35.1 Å². The number of esters is 1. The summed E-state index contributed by atoms with van der Waals surface area (Å²) in [6, 6.07) is 4.77. The highest BCUT2D eigenvalue weighted by molar-refractivity contribution is 6.13. The van der Waals surface area contributed by atoms with Gasteiger partial charge in [-0.1, -0.05) is 0 Å². The predicted molar refractivity (Wildman–Crippen MR) is 96.1 cm³/mol. The number of nitrogens with one attached hydrogen (secondary N) is 2. The number of hydrogen-bond donors (Lipinski definition) is 2. The molecule has 27 heavy (non-hydrogen) atoms. The van der Waals surface area contributed by atoms with Crippen LogP contribution in [0.3, 0.4) is 0 Å². The molecule has 2 N–H and O–H groups in total. The summed E-state index contributed by atoms with van der Waals surface area (Å²) in [5.41, 5.74) is 1.63. The monoisotopic (exact) mass is 370 g/mol. The summed E-state index contributed by atoms with van der Waals surface area (Å²) in [5.74, 6) is -1.73. The fourth-order valence-electron chi connectivity index (χ4n) is 3.00. The maximum absolute atomic E-state index is 12.6. The molecule has 2 aromatic rings. The first-order chi connectivity index (χ1) is 12.8. The van der Waals surface area contributed by atoms with Crippen LogP contribution in [0, 0.1) is 6.92 Å². The van der Waals surface area contributed by atoms with Gasteiger partial charge < -0.3 is 14.5 Å². The topological polar surface area (TPSA) is 115 Å². The number of rotatable bonds is 5. The number of fused-ring (bicyclic) bond motifs is 1. The van der Waals surface area contributed by atoms with Gasteiger partial charge in [0.05, 0.1) is 18.6 Å². The van der Waals surface area contributed by atoms with E-state index < -0.39 is 11.9 Å². The molecule has 0 bridgehead atoms. The molecule has 3 rings (SSSR count). The normalized spacial score (nSPS) is 12.3. The number of Topliss-reactive ketones (excluding diaryl/α,β-unsaturated/α-hetero) is 1. The van der Waals surface area contributed by atoms with Gasteiger partial charge in [-0.3, -0.25) is 19.7 Å². The van der Waals surface area contributed by atoms with E-state index in [0.29, 0.717) is 16.8 Å². The van der Waals surface area contributed by atoms with Crippen LogP contribution in [-0.2, 0) is 16.0 Å². The van der Waals surface area contributed by atoms with Crippen molar-refractivity contribution in [3.63, 3.8) is 0 Å². The van der Waals surface area contributed by atoms with Gasteiger partial charge in [0.25, 0.3) is 5.91 Å². The third-order valence-electron chi connectivity index (χ3n) is 4.14. The molecule has 0 fully saturated rings. The van der Waals surface area contributed by atoms with E-state index in [0.717, 1.165) is 0 Å². The van der Waals surface area contributed by atoms with Gasteiger partial charge in [0.1, 0.15) is 11.3 Å². The summed E-state index contributed by atoms with van der Waals surface area (Å²) >= 11 is 0. The van der Waals surface area contributed by atoms with Gasteiger partial charge in [-0.25, -0.2) is 4.79 Å². The zero-order valence-electron chi connectivity index (χ0n) is 15.1. The number of carbonyl (C=O) groups is 4. The Morgan fingerprint density at radius 2 is 2.00 bits per heavy atom. The minimum Gasteiger partial charge on any atom is -0.462 e. The van der Waals surface area contributed by atoms with E-state index in [1.807, 2.05) is 0 Å². The van der Waals surface area contributed by atoms with Crippen LogP contribution in [0.4, 0.5) is 11.6 Å². The standard InChI is InChI=1S/C19H18N2O6/c1-4-26-19(25)16-15(9(2)22)10(3)27-18(16)21-17(24)11-5-6-13-12(7-11)8-14(23)20-13/h5-7H,4,8H2,1-3H3,(H,20,23)(H,21,24). The first-order valence-corrected chi connectivity index (χ1v) is 8.37. The molecule has 0 saturated heterocycles. The molecule has 0 unspecified atom stereocenters. The van der Waals surface area contributed by atoms with Crippen molar-refractivity contribution in [1.82, 2.24) is 0 Å². The van der Waals surface area contributed by atoms with E-state index in [1.165, 1.54) is 13.8 Å². The summed E-state index contributed by atoms with van der Waals surface area (Å²) < 4.78 is 10.4. The molecule has 2 heterocycles. The van der Waals surface area contributed by atoms with Gasteiger partial charge in [0, 0.05) is 11.3 Å². The van der Waals surface area contributed by atoms with Crippen LogP contribution in [0.25, 0.3) is 0 Å². The number of ketones is 1. The van der Waals surface area contributed by atoms with E-state index in [9.17, 15) is 19.2 Å². The van der Waals surface area contributed by atoms with E-state index in [2.05, 4.69) is 10.6 Å². The largest absolute Gasteiger partial charge is 0.462 e. The average Bonchev–Trinajstić information content (AvgIpc) is 3.12. The maximum Gasteiger partial charge on any atom is 0.344 e. The van der Waals surface area contributed by atoms with Crippen LogP contribution in [0.2, 0.25) is 0 Å². The smallest absolute Gasteiger partial charge is 0.344 e. The van der Waals surface area contributed by atoms with Crippen molar-refractivity contribution in [2.45, 2.75) is 27.2 Å². The Labute approximate surface area is 154 Å². The maximum atomic E-state index is 12.6. The Balaban J connectivity index is 1.93. The highest BCUT2D eigenvalue weighted by atomic mass is 16.5. The van der Waals surface area contributed by atoms with E-state index in [4.69, 9.17) is 9.15 Å². The first kappa shape index (κ1) is 18.4. The number of anilines is 2. The lowest BCUT2D eigenvalue weighted by molar-refractivity contribution is -0.115. The quantitative estimate of drug-likeness (QED) is 0.618. The van der Waals surface area contributed by atoms with Gasteiger partial charge in [-0.15, -0.1) is 0 Å². The summed E-state index contributed by atoms with van der Waals surface area (Å²) in [6.07, 6.45) is 0.193. The molecule has 8 nitrogen and oxygen atoms in total. The molecule has 1 aliphatic rings. The van der Waals surface area contributed by atoms with Crippen molar-refractivity contribution < 1.29 is 28.3 Å². The predicted octanol–water partition coefficient (Wildman–Crippen LogP) is 2.71. The number of benzene rings is 1. The molecule has 1 aromatic carbocycles. The molecule has 0 atom stereocenters. The third-order valence-corrected chi connectivity index (χ3v) is 4.14. The number of hydrogen-bond acceptors (Lipinski definition) is 6. The van der Waals surface area contributed by atoms with Crippen molar-refractivity contribution in [3.05, 3.63) is 46.2 Å². The van der Waals surface area contributed by atoms with Crippen LogP contribution < -0.4 is 10.6 Å². The number of ether oxygens (including phenoxy) is 1. The summed E-state index contributed by atoms with van der Waals surface area (Å²) in [7, 11) is 0. The molecule has 140 valence electrons. The third kappa shape index (κ3) is 3.46. The van der Waals surface area contributed by atoms with Crippen molar-refractivity contribution in [3.8, 4) is 0 Å². The lowest BCUT2D eigenvalue weighted by Gasteiger charge is -2.07. The van der Waals surface area contributed by atoms with Crippen molar-refractivity contribution in [1.29, 1.82) is 0 Å². The van der Waals surface area contributed by atoms with E-state index >= 15 is 0 Å². The number of aryl methyl sites for hydroxylation is 1. The van der Waals surface area contributed by atoms with Crippen molar-refractivity contribution in [2.24, 2.45) is 0 Å². The minimum absolute atomic E-state index is 0.0764. The summed E-state index contributed by atoms with van der Waals surface area (Å²) in [4.78, 5) is 48.2. The molecule has 0 spiro atoms. The van der Waals surface area contributed by atoms with Gasteiger partial charge in [0.2, 0.25) is 11.8 Å². The van der Waals surface area contributed by atoms with Gasteiger partial charge >= 0.3 is 5.97 Å². The van der Waals surface area contributed by atoms with Crippen LogP contribution in [-0.4, -0.2) is 30.2 Å². The number of amides is 2. The van der Waals surface area contributed by atoms with Crippen LogP contribution in [0.15, 0.2) is 22.6 Å². The second-order valence-corrected chi connectivity index (χ2v) is 6.07. The Bertz CT molecular complexity index is 973. The van der Waals surface area contributed by atoms with Crippen molar-refractivity contribution in [2.75, 3.05) is 17.2 Å². The Hall–Kier alpha value is -3.42. The highest BCUT2D eigenvalue weighted by Crippen LogP contribution is 2.30. The molecule has 0 saturated carbocycles. The fraction of sp³-hybridized carbons (Fsp3) is 0.263. The van der Waals surface area contributed by atoms with Crippen LogP contribution in [0.5, 0.6) is 0 Å². The summed E-state index contributed by atoms with van der Waals surface area (Å²) in [6.45, 7) is 4.58. The zero-order valence-corrected chi connectivity index (χ0v) is 15.1. The highest BCUT2D eigenvalue weighted by Gasteiger charge is 2.29. The fourth-order valence-corrected chi connectivity index (χ4v) is 3.00. The van der Waals surface area contributed by atoms with Gasteiger partial charge in [-0.05, 0) is 44.5 Å². The van der Waals surface area contributed by atoms with Crippen LogP contribution >= 0.6 is 0 Å². The molecular formula is C19H18N2O6. The van der Waals surface area contributed by atoms with Crippen LogP contribution in [0.1, 0.15) is 56.2 Å². The Kier molecular flexibility index (Phi) is 4.81. The summed E-state index contributed by atoms with van der Waals surface area (Å²) in [5, 5.41) is 5.21. The first-order valence-electron chi connectivity index (χ1n) is 8.37. The van der Waals surface area contributed by atoms with Gasteiger partial charge in [-0.2, -0.15) is 0 Å². The Morgan fingerprint density at radius 3 is 2.67 bits per heavy atom. The molecule has 8 heteroatoms. The van der Waals surface area contributed by atoms with Gasteiger partial charge in [0.15, 0.2) is 5.78 Å². The second-order valence-electron chi connectivity index (χ2n) is 6.07. The van der Waals surface area contributed by atoms with E-state index in [1.54, 1.807) is 25.1 Å². The number of furan rings is 1. The molecule has 2 amide bonds. The zero-order chi connectivity index (χ0) is 19.7. The SMILES string of the molecule is CCOC(=O)c1c(NC(=O)c2ccc3c(c2)CC(=O)N3)oc(C)c1C(C)=O. The van der Waals surface area contributed by atoms with E-state index in [-0.39, 0.29) is 47.5 Å². The lowest BCUT2D eigenvalue weighted by atomic mass is 10.1. The molecule has 1 aliphatic heterocycles.